The van der Waals surface area contributed by atoms with E-state index >= 15 is 0 Å². The van der Waals surface area contributed by atoms with E-state index in [1.165, 1.54) is 0 Å². The summed E-state index contributed by atoms with van der Waals surface area (Å²) in [5, 5.41) is 0. The van der Waals surface area contributed by atoms with Crippen LogP contribution >= 0.6 is 0 Å². The van der Waals surface area contributed by atoms with Crippen molar-refractivity contribution in [3.05, 3.63) is 0 Å². The SMILES string of the molecule is CCCC[C@H](N)C(C)=O. The van der Waals surface area contributed by atoms with Crippen LogP contribution in [0.3, 0.4) is 0 Å². The topological polar surface area (TPSA) is 43.1 Å². The number of carbonyl (C=O) groups is 1. The Labute approximate surface area is 56.4 Å². The lowest BCUT2D eigenvalue weighted by atomic mass is 10.1. The van der Waals surface area contributed by atoms with E-state index in [0.29, 0.717) is 0 Å². The molecule has 2 heteroatoms. The number of Topliss-reactive ketones (excluding diaryl/α,β-unsaturated/α-hetero) is 1. The van der Waals surface area contributed by atoms with Gasteiger partial charge in [-0.3, -0.25) is 4.79 Å². The highest BCUT2D eigenvalue weighted by Crippen LogP contribution is 1.97. The number of nitrogens with two attached hydrogens (primary N) is 1. The van der Waals surface area contributed by atoms with Crippen molar-refractivity contribution in [2.24, 2.45) is 5.73 Å². The van der Waals surface area contributed by atoms with Crippen molar-refractivity contribution < 1.29 is 4.79 Å². The number of rotatable bonds is 4. The van der Waals surface area contributed by atoms with Gasteiger partial charge < -0.3 is 5.73 Å². The van der Waals surface area contributed by atoms with Crippen molar-refractivity contribution >= 4 is 5.78 Å². The van der Waals surface area contributed by atoms with Gasteiger partial charge in [-0.1, -0.05) is 19.8 Å². The van der Waals surface area contributed by atoms with Crippen LogP contribution in [0.5, 0.6) is 0 Å². The Balaban J connectivity index is 3.27. The second-order valence-corrected chi connectivity index (χ2v) is 2.36. The minimum Gasteiger partial charge on any atom is -0.322 e. The number of unbranched alkanes of at least 4 members (excludes halogenated alkanes) is 1. The summed E-state index contributed by atoms with van der Waals surface area (Å²) >= 11 is 0. The van der Waals surface area contributed by atoms with Crippen molar-refractivity contribution in [1.29, 1.82) is 0 Å². The molecule has 0 radical (unpaired) electrons. The molecule has 0 unspecified atom stereocenters. The molecular formula is C7H15NO. The summed E-state index contributed by atoms with van der Waals surface area (Å²) < 4.78 is 0. The van der Waals surface area contributed by atoms with Gasteiger partial charge in [-0.15, -0.1) is 0 Å². The predicted octanol–water partition coefficient (Wildman–Crippen LogP) is 1.09. The van der Waals surface area contributed by atoms with Crippen molar-refractivity contribution in [2.45, 2.75) is 39.2 Å². The molecule has 1 atom stereocenters. The van der Waals surface area contributed by atoms with Crippen LogP contribution in [0.1, 0.15) is 33.1 Å². The lowest BCUT2D eigenvalue weighted by molar-refractivity contribution is -0.118. The maximum atomic E-state index is 10.5. The molecule has 0 spiro atoms. The first kappa shape index (κ1) is 8.63. The molecule has 0 bridgehead atoms. The Hall–Kier alpha value is -0.370. The molecule has 0 aliphatic carbocycles. The van der Waals surface area contributed by atoms with Gasteiger partial charge in [0.1, 0.15) is 5.78 Å². The molecule has 2 nitrogen and oxygen atoms in total. The first-order valence-electron chi connectivity index (χ1n) is 3.44. The van der Waals surface area contributed by atoms with Gasteiger partial charge in [-0.2, -0.15) is 0 Å². The van der Waals surface area contributed by atoms with E-state index in [9.17, 15) is 4.79 Å². The fraction of sp³-hybridized carbons (Fsp3) is 0.857. The fourth-order valence-corrected chi connectivity index (χ4v) is 0.627. The summed E-state index contributed by atoms with van der Waals surface area (Å²) in [5.41, 5.74) is 5.45. The molecule has 0 saturated carbocycles. The summed E-state index contributed by atoms with van der Waals surface area (Å²) in [6, 6.07) is -0.218. The molecule has 54 valence electrons. The van der Waals surface area contributed by atoms with Crippen LogP contribution in [-0.2, 0) is 4.79 Å². The highest BCUT2D eigenvalue weighted by Gasteiger charge is 2.05. The molecular weight excluding hydrogens is 114 g/mol. The van der Waals surface area contributed by atoms with Crippen LogP contribution in [0.4, 0.5) is 0 Å². The quantitative estimate of drug-likeness (QED) is 0.617. The van der Waals surface area contributed by atoms with Gasteiger partial charge in [0.15, 0.2) is 0 Å². The van der Waals surface area contributed by atoms with Gasteiger partial charge in [0.05, 0.1) is 6.04 Å². The van der Waals surface area contributed by atoms with Crippen molar-refractivity contribution in [3.8, 4) is 0 Å². The van der Waals surface area contributed by atoms with Gasteiger partial charge in [0, 0.05) is 0 Å². The lowest BCUT2D eigenvalue weighted by Crippen LogP contribution is -2.27. The number of hydrogen-bond acceptors (Lipinski definition) is 2. The molecule has 0 amide bonds. The standard InChI is InChI=1S/C7H15NO/c1-3-4-5-7(8)6(2)9/h7H,3-5,8H2,1-2H3/t7-/m0/s1. The summed E-state index contributed by atoms with van der Waals surface area (Å²) in [6.07, 6.45) is 3.01. The smallest absolute Gasteiger partial charge is 0.146 e. The average molecular weight is 129 g/mol. The van der Waals surface area contributed by atoms with Crippen LogP contribution in [0.2, 0.25) is 0 Å². The van der Waals surface area contributed by atoms with Crippen molar-refractivity contribution in [2.75, 3.05) is 0 Å². The second kappa shape index (κ2) is 4.50. The Morgan fingerprint density at radius 3 is 2.56 bits per heavy atom. The van der Waals surface area contributed by atoms with Crippen molar-refractivity contribution in [3.63, 3.8) is 0 Å². The normalized spacial score (nSPS) is 13.2. The second-order valence-electron chi connectivity index (χ2n) is 2.36. The third-order valence-corrected chi connectivity index (χ3v) is 1.39. The van der Waals surface area contributed by atoms with Crippen LogP contribution in [0.15, 0.2) is 0 Å². The van der Waals surface area contributed by atoms with E-state index in [-0.39, 0.29) is 11.8 Å². The van der Waals surface area contributed by atoms with E-state index in [4.69, 9.17) is 5.73 Å². The Morgan fingerprint density at radius 2 is 2.22 bits per heavy atom. The molecule has 0 rings (SSSR count). The largest absolute Gasteiger partial charge is 0.322 e. The van der Waals surface area contributed by atoms with Crippen LogP contribution in [0.25, 0.3) is 0 Å². The van der Waals surface area contributed by atoms with E-state index in [2.05, 4.69) is 6.92 Å². The maximum Gasteiger partial charge on any atom is 0.146 e. The molecule has 0 fully saturated rings. The minimum atomic E-state index is -0.218. The highest BCUT2D eigenvalue weighted by molar-refractivity contribution is 5.80. The van der Waals surface area contributed by atoms with Crippen molar-refractivity contribution in [1.82, 2.24) is 0 Å². The maximum absolute atomic E-state index is 10.5. The zero-order valence-electron chi connectivity index (χ0n) is 6.18. The number of hydrogen-bond donors (Lipinski definition) is 1. The third kappa shape index (κ3) is 4.15. The van der Waals surface area contributed by atoms with Gasteiger partial charge in [0.2, 0.25) is 0 Å². The van der Waals surface area contributed by atoms with Gasteiger partial charge in [-0.05, 0) is 13.3 Å². The van der Waals surface area contributed by atoms with E-state index in [0.717, 1.165) is 19.3 Å². The molecule has 0 aliphatic rings. The van der Waals surface area contributed by atoms with Gasteiger partial charge in [-0.25, -0.2) is 0 Å². The molecule has 9 heavy (non-hydrogen) atoms. The Bertz CT molecular complexity index is 90.9. The van der Waals surface area contributed by atoms with E-state index in [1.54, 1.807) is 6.92 Å². The van der Waals surface area contributed by atoms with Gasteiger partial charge in [0.25, 0.3) is 0 Å². The Morgan fingerprint density at radius 1 is 1.67 bits per heavy atom. The summed E-state index contributed by atoms with van der Waals surface area (Å²) in [6.45, 7) is 3.63. The van der Waals surface area contributed by atoms with E-state index < -0.39 is 0 Å². The lowest BCUT2D eigenvalue weighted by Gasteiger charge is -2.04. The first-order valence-corrected chi connectivity index (χ1v) is 3.44. The fourth-order valence-electron chi connectivity index (χ4n) is 0.627. The molecule has 2 N–H and O–H groups in total. The molecule has 0 aromatic rings. The molecule has 0 heterocycles. The minimum absolute atomic E-state index is 0.100. The van der Waals surface area contributed by atoms with Crippen LogP contribution in [0, 0.1) is 0 Å². The van der Waals surface area contributed by atoms with Crippen LogP contribution in [-0.4, -0.2) is 11.8 Å². The summed E-state index contributed by atoms with van der Waals surface area (Å²) in [4.78, 5) is 10.5. The van der Waals surface area contributed by atoms with E-state index in [1.807, 2.05) is 0 Å². The number of ketones is 1. The zero-order chi connectivity index (χ0) is 7.28. The zero-order valence-corrected chi connectivity index (χ0v) is 6.18. The first-order chi connectivity index (χ1) is 4.18. The molecule has 0 aromatic heterocycles. The molecule has 0 aliphatic heterocycles. The van der Waals surface area contributed by atoms with Gasteiger partial charge >= 0.3 is 0 Å². The van der Waals surface area contributed by atoms with Crippen LogP contribution < -0.4 is 5.73 Å². The summed E-state index contributed by atoms with van der Waals surface area (Å²) in [7, 11) is 0. The molecule has 0 saturated heterocycles. The predicted molar refractivity (Wildman–Crippen MR) is 38.2 cm³/mol. The molecule has 0 aromatic carbocycles. The Kier molecular flexibility index (Phi) is 4.32. The summed E-state index contributed by atoms with van der Waals surface area (Å²) in [5.74, 6) is 0.100. The monoisotopic (exact) mass is 129 g/mol. The third-order valence-electron chi connectivity index (χ3n) is 1.39. The average Bonchev–Trinajstić information content (AvgIpc) is 1.82. The number of carbonyl (C=O) groups excluding carboxylic acids is 1. The highest BCUT2D eigenvalue weighted by atomic mass is 16.1.